The molecule has 0 aliphatic heterocycles. The van der Waals surface area contributed by atoms with Gasteiger partial charge in [0.05, 0.1) is 7.11 Å². The lowest BCUT2D eigenvalue weighted by atomic mass is 10.3. The summed E-state index contributed by atoms with van der Waals surface area (Å²) in [7, 11) is 1.42. The van der Waals surface area contributed by atoms with Gasteiger partial charge in [0.15, 0.2) is 10.8 Å². The highest BCUT2D eigenvalue weighted by molar-refractivity contribution is 5.44. The fourth-order valence-corrected chi connectivity index (χ4v) is 0.964. The molecule has 1 aromatic rings. The van der Waals surface area contributed by atoms with Crippen molar-refractivity contribution in [2.45, 2.75) is 0 Å². The summed E-state index contributed by atoms with van der Waals surface area (Å²) in [5.41, 5.74) is -0.147. The Labute approximate surface area is 83.9 Å². The number of hydrazine groups is 2. The quantitative estimate of drug-likeness (QED) is 0.543. The first-order chi connectivity index (χ1) is 7.06. The molecule has 0 aliphatic carbocycles. The van der Waals surface area contributed by atoms with Gasteiger partial charge in [0.25, 0.3) is 0 Å². The Morgan fingerprint density at radius 1 is 1.13 bits per heavy atom. The minimum atomic E-state index is -1.11. The van der Waals surface area contributed by atoms with E-state index >= 15 is 0 Å². The van der Waals surface area contributed by atoms with Gasteiger partial charge in [-0.05, 0) is 24.3 Å². The number of nitro groups is 2. The third kappa shape index (κ3) is 2.30. The van der Waals surface area contributed by atoms with Crippen LogP contribution < -0.4 is 9.85 Å². The summed E-state index contributed by atoms with van der Waals surface area (Å²) in [6, 6.07) is 5.25. The average Bonchev–Trinajstić information content (AvgIpc) is 2.18. The van der Waals surface area contributed by atoms with E-state index in [1.165, 1.54) is 31.4 Å². The minimum Gasteiger partial charge on any atom is -0.497 e. The van der Waals surface area contributed by atoms with Crippen LogP contribution in [-0.2, 0) is 0 Å². The number of rotatable bonds is 4. The molecule has 0 heterocycles. The number of hydrogen-bond donors (Lipinski definition) is 0. The van der Waals surface area contributed by atoms with Crippen molar-refractivity contribution in [2.24, 2.45) is 0 Å². The molecule has 0 aromatic heterocycles. The van der Waals surface area contributed by atoms with Gasteiger partial charge in [0.2, 0.25) is 10.1 Å². The maximum absolute atomic E-state index is 10.4. The summed E-state index contributed by atoms with van der Waals surface area (Å²) in [4.78, 5) is 20.7. The fourth-order valence-electron chi connectivity index (χ4n) is 0.964. The molecule has 0 N–H and O–H groups in total. The van der Waals surface area contributed by atoms with Crippen LogP contribution in [0.25, 0.3) is 0 Å². The van der Waals surface area contributed by atoms with Crippen LogP contribution in [0.5, 0.6) is 5.75 Å². The van der Waals surface area contributed by atoms with Crippen LogP contribution >= 0.6 is 0 Å². The van der Waals surface area contributed by atoms with Gasteiger partial charge in [0, 0.05) is 0 Å². The van der Waals surface area contributed by atoms with E-state index in [9.17, 15) is 20.2 Å². The highest BCUT2D eigenvalue weighted by atomic mass is 16.8. The Balaban J connectivity index is 3.02. The van der Waals surface area contributed by atoms with Crippen LogP contribution in [0, 0.1) is 20.2 Å². The van der Waals surface area contributed by atoms with E-state index in [1.54, 1.807) is 0 Å². The number of benzene rings is 1. The molecule has 15 heavy (non-hydrogen) atoms. The van der Waals surface area contributed by atoms with Gasteiger partial charge in [-0.1, -0.05) is 0 Å². The van der Waals surface area contributed by atoms with Crippen molar-refractivity contribution in [3.8, 4) is 5.75 Å². The highest BCUT2D eigenvalue weighted by Crippen LogP contribution is 2.18. The molecule has 0 atom stereocenters. The van der Waals surface area contributed by atoms with Crippen LogP contribution in [0.1, 0.15) is 0 Å². The van der Waals surface area contributed by atoms with Crippen molar-refractivity contribution in [1.82, 2.24) is 0 Å². The second-order valence-electron chi connectivity index (χ2n) is 2.46. The van der Waals surface area contributed by atoms with Gasteiger partial charge in [-0.25, -0.2) is 20.2 Å². The number of ether oxygens (including phenoxy) is 1. The first-order valence-electron chi connectivity index (χ1n) is 3.79. The number of methoxy groups -OCH3 is 1. The molecule has 0 bridgehead atoms. The Kier molecular flexibility index (Phi) is 3.01. The molecule has 0 fully saturated rings. The largest absolute Gasteiger partial charge is 0.497 e. The van der Waals surface area contributed by atoms with Gasteiger partial charge in [-0.15, -0.1) is 0 Å². The van der Waals surface area contributed by atoms with Crippen molar-refractivity contribution in [2.75, 3.05) is 12.2 Å². The molecule has 0 saturated carbocycles. The van der Waals surface area contributed by atoms with Crippen molar-refractivity contribution in [3.05, 3.63) is 44.5 Å². The van der Waals surface area contributed by atoms with E-state index in [0.717, 1.165) is 0 Å². The molecular formula is C7H7N3O5. The minimum absolute atomic E-state index is 0.147. The maximum Gasteiger partial charge on any atom is 0.228 e. The second-order valence-corrected chi connectivity index (χ2v) is 2.46. The van der Waals surface area contributed by atoms with E-state index in [2.05, 4.69) is 0 Å². The summed E-state index contributed by atoms with van der Waals surface area (Å²) in [5.74, 6) is 0.463. The fraction of sp³-hybridized carbons (Fsp3) is 0.143. The molecular weight excluding hydrogens is 206 g/mol. The number of nitrogens with zero attached hydrogens (tertiary/aromatic N) is 3. The third-order valence-corrected chi connectivity index (χ3v) is 1.61. The first-order valence-corrected chi connectivity index (χ1v) is 3.79. The lowest BCUT2D eigenvalue weighted by Gasteiger charge is -2.04. The summed E-state index contributed by atoms with van der Waals surface area (Å²) in [6.45, 7) is 0. The number of anilines is 1. The average molecular weight is 213 g/mol. The molecule has 0 amide bonds. The standard InChI is InChI=1S/C7H7N3O5/c1-15-7-4-2-6(3-5-7)8(9(11)12)10(13)14/h2-5H,1H3. The molecule has 1 aromatic carbocycles. The van der Waals surface area contributed by atoms with Crippen molar-refractivity contribution in [1.29, 1.82) is 0 Å². The predicted molar refractivity (Wildman–Crippen MR) is 49.5 cm³/mol. The third-order valence-electron chi connectivity index (χ3n) is 1.61. The summed E-state index contributed by atoms with van der Waals surface area (Å²) in [5, 5.41) is 18.3. The van der Waals surface area contributed by atoms with Gasteiger partial charge < -0.3 is 4.74 Å². The Morgan fingerprint density at radius 2 is 1.60 bits per heavy atom. The van der Waals surface area contributed by atoms with E-state index < -0.39 is 10.1 Å². The van der Waals surface area contributed by atoms with Crippen LogP contribution in [-0.4, -0.2) is 17.2 Å². The Hall–Kier alpha value is -2.38. The summed E-state index contributed by atoms with van der Waals surface area (Å²) >= 11 is 0. The van der Waals surface area contributed by atoms with Crippen LogP contribution in [0.3, 0.4) is 0 Å². The van der Waals surface area contributed by atoms with E-state index in [0.29, 0.717) is 5.75 Å². The molecule has 0 saturated heterocycles. The highest BCUT2D eigenvalue weighted by Gasteiger charge is 2.29. The smallest absolute Gasteiger partial charge is 0.228 e. The van der Waals surface area contributed by atoms with E-state index in [4.69, 9.17) is 4.74 Å². The maximum atomic E-state index is 10.4. The predicted octanol–water partition coefficient (Wildman–Crippen LogP) is 0.885. The summed E-state index contributed by atoms with van der Waals surface area (Å²) in [6.07, 6.45) is 0. The Bertz CT molecular complexity index is 363. The normalized spacial score (nSPS) is 9.40. The molecule has 1 rings (SSSR count). The lowest BCUT2D eigenvalue weighted by molar-refractivity contribution is -0.711. The van der Waals surface area contributed by atoms with Crippen LogP contribution in [0.15, 0.2) is 24.3 Å². The molecule has 0 spiro atoms. The van der Waals surface area contributed by atoms with Crippen molar-refractivity contribution in [3.63, 3.8) is 0 Å². The van der Waals surface area contributed by atoms with E-state index in [-0.39, 0.29) is 10.8 Å². The van der Waals surface area contributed by atoms with E-state index in [1.807, 2.05) is 0 Å². The molecule has 0 radical (unpaired) electrons. The van der Waals surface area contributed by atoms with Crippen LogP contribution in [0.2, 0.25) is 0 Å². The zero-order valence-corrected chi connectivity index (χ0v) is 7.69. The zero-order chi connectivity index (χ0) is 11.4. The SMILES string of the molecule is COc1ccc(N([N+](=O)[O-])[N+](=O)[O-])cc1. The number of hydrogen-bond acceptors (Lipinski definition) is 5. The van der Waals surface area contributed by atoms with Gasteiger partial charge in [-0.3, -0.25) is 0 Å². The Morgan fingerprint density at radius 3 is 1.93 bits per heavy atom. The topological polar surface area (TPSA) is 98.8 Å². The lowest BCUT2D eigenvalue weighted by Crippen LogP contribution is -2.35. The van der Waals surface area contributed by atoms with Gasteiger partial charge >= 0.3 is 0 Å². The second kappa shape index (κ2) is 4.22. The van der Waals surface area contributed by atoms with Gasteiger partial charge in [0.1, 0.15) is 5.75 Å². The van der Waals surface area contributed by atoms with Gasteiger partial charge in [-0.2, -0.15) is 0 Å². The van der Waals surface area contributed by atoms with Crippen molar-refractivity contribution >= 4 is 5.69 Å². The molecule has 0 unspecified atom stereocenters. The monoisotopic (exact) mass is 213 g/mol. The van der Waals surface area contributed by atoms with Crippen LogP contribution in [0.4, 0.5) is 5.69 Å². The molecule has 8 nitrogen and oxygen atoms in total. The zero-order valence-electron chi connectivity index (χ0n) is 7.69. The molecule has 0 aliphatic rings. The first kappa shape index (κ1) is 10.7. The molecule has 8 heteroatoms. The summed E-state index contributed by atoms with van der Waals surface area (Å²) < 4.78 is 4.81. The van der Waals surface area contributed by atoms with Crippen molar-refractivity contribution < 1.29 is 14.8 Å². The molecule has 80 valence electrons.